The van der Waals surface area contributed by atoms with Crippen LogP contribution in [0.1, 0.15) is 69.5 Å². The van der Waals surface area contributed by atoms with E-state index in [2.05, 4.69) is 242 Å². The maximum absolute atomic E-state index is 6.66. The van der Waals surface area contributed by atoms with Crippen molar-refractivity contribution in [1.82, 2.24) is 0 Å². The molecular formula is C67H54O. The normalized spacial score (nSPS) is 15.2. The Labute approximate surface area is 401 Å². The molecule has 0 saturated carbocycles. The van der Waals surface area contributed by atoms with E-state index < -0.39 is 5.41 Å². The van der Waals surface area contributed by atoms with Gasteiger partial charge in [-0.3, -0.25) is 0 Å². The van der Waals surface area contributed by atoms with Crippen LogP contribution >= 0.6 is 0 Å². The molecule has 0 fully saturated rings. The van der Waals surface area contributed by atoms with Crippen LogP contribution in [0.5, 0.6) is 0 Å². The molecule has 1 unspecified atom stereocenters. The van der Waals surface area contributed by atoms with E-state index in [9.17, 15) is 0 Å². The van der Waals surface area contributed by atoms with E-state index in [1.807, 2.05) is 12.2 Å². The van der Waals surface area contributed by atoms with Gasteiger partial charge in [-0.15, -0.1) is 0 Å². The number of rotatable bonds is 4. The van der Waals surface area contributed by atoms with Crippen LogP contribution in [0.15, 0.2) is 230 Å². The fraction of sp³-hybridized carbons (Fsp3) is 0.104. The molecule has 0 aliphatic heterocycles. The van der Waals surface area contributed by atoms with E-state index in [0.29, 0.717) is 0 Å². The molecule has 1 spiro atoms. The highest BCUT2D eigenvalue weighted by atomic mass is 16.3. The molecule has 68 heavy (non-hydrogen) atoms. The van der Waals surface area contributed by atoms with Crippen molar-refractivity contribution >= 4 is 27.5 Å². The molecule has 9 aromatic carbocycles. The zero-order chi connectivity index (χ0) is 46.7. The number of fused-ring (bicyclic) bond motifs is 17. The maximum Gasteiger partial charge on any atom is 0.143 e. The average Bonchev–Trinajstić information content (AvgIpc) is 4.06. The summed E-state index contributed by atoms with van der Waals surface area (Å²) >= 11 is 0. The Morgan fingerprint density at radius 2 is 1.01 bits per heavy atom. The van der Waals surface area contributed by atoms with Crippen molar-refractivity contribution in [2.75, 3.05) is 0 Å². The predicted octanol–water partition coefficient (Wildman–Crippen LogP) is 18.0. The van der Waals surface area contributed by atoms with Gasteiger partial charge < -0.3 is 4.42 Å². The van der Waals surface area contributed by atoms with Crippen LogP contribution in [0.2, 0.25) is 0 Å². The van der Waals surface area contributed by atoms with E-state index in [-0.39, 0.29) is 5.41 Å². The van der Waals surface area contributed by atoms with Gasteiger partial charge in [-0.05, 0) is 116 Å². The summed E-state index contributed by atoms with van der Waals surface area (Å²) in [7, 11) is 0. The molecule has 1 nitrogen and oxygen atoms in total. The summed E-state index contributed by atoms with van der Waals surface area (Å²) in [5.74, 6) is 0. The molecule has 1 atom stereocenters. The van der Waals surface area contributed by atoms with Crippen LogP contribution < -0.4 is 0 Å². The van der Waals surface area contributed by atoms with E-state index in [1.165, 1.54) is 111 Å². The topological polar surface area (TPSA) is 13.1 Å². The zero-order valence-electron chi connectivity index (χ0n) is 39.5. The van der Waals surface area contributed by atoms with Crippen molar-refractivity contribution < 1.29 is 4.42 Å². The van der Waals surface area contributed by atoms with Gasteiger partial charge in [-0.2, -0.15) is 0 Å². The van der Waals surface area contributed by atoms with Crippen LogP contribution in [0, 0.1) is 20.8 Å². The fourth-order valence-corrected chi connectivity index (χ4v) is 11.5. The Bertz CT molecular complexity index is 3660. The summed E-state index contributed by atoms with van der Waals surface area (Å²) in [6.45, 7) is 18.5. The largest absolute Gasteiger partial charge is 0.455 e. The molecule has 0 saturated heterocycles. The quantitative estimate of drug-likeness (QED) is 0.161. The number of hydrogen-bond donors (Lipinski definition) is 0. The lowest BCUT2D eigenvalue weighted by Crippen LogP contribution is -2.26. The lowest BCUT2D eigenvalue weighted by molar-refractivity contribution is 0.660. The third-order valence-corrected chi connectivity index (χ3v) is 14.7. The Kier molecular flexibility index (Phi) is 10.5. The Morgan fingerprint density at radius 1 is 0.456 bits per heavy atom. The molecule has 0 N–H and O–H groups in total. The van der Waals surface area contributed by atoms with Crippen molar-refractivity contribution in [3.8, 4) is 44.5 Å². The van der Waals surface area contributed by atoms with Crippen molar-refractivity contribution in [2.24, 2.45) is 0 Å². The molecule has 0 amide bonds. The first-order chi connectivity index (χ1) is 33.2. The lowest BCUT2D eigenvalue weighted by atomic mass is 9.68. The molecule has 3 aliphatic carbocycles. The van der Waals surface area contributed by atoms with Crippen molar-refractivity contribution in [3.05, 3.63) is 281 Å². The highest BCUT2D eigenvalue weighted by Gasteiger charge is 2.53. The fourth-order valence-electron chi connectivity index (χ4n) is 11.5. The zero-order valence-corrected chi connectivity index (χ0v) is 39.5. The molecule has 0 radical (unpaired) electrons. The minimum Gasteiger partial charge on any atom is -0.455 e. The van der Waals surface area contributed by atoms with Gasteiger partial charge in [0.25, 0.3) is 0 Å². The molecular weight excluding hydrogens is 821 g/mol. The monoisotopic (exact) mass is 874 g/mol. The van der Waals surface area contributed by atoms with Gasteiger partial charge in [0.1, 0.15) is 11.2 Å². The summed E-state index contributed by atoms with van der Waals surface area (Å²) in [6.07, 6.45) is 5.57. The second-order valence-corrected chi connectivity index (χ2v) is 19.0. The van der Waals surface area contributed by atoms with Gasteiger partial charge in [-0.25, -0.2) is 0 Å². The molecule has 0 bridgehead atoms. The summed E-state index contributed by atoms with van der Waals surface area (Å²) in [5, 5.41) is 2.34. The highest BCUT2D eigenvalue weighted by molar-refractivity contribution is 6.13. The van der Waals surface area contributed by atoms with Crippen LogP contribution in [-0.4, -0.2) is 0 Å². The van der Waals surface area contributed by atoms with E-state index in [1.54, 1.807) is 6.08 Å². The lowest BCUT2D eigenvalue weighted by Gasteiger charge is -2.32. The molecule has 328 valence electrons. The molecule has 3 aliphatic rings. The van der Waals surface area contributed by atoms with Gasteiger partial charge in [0.2, 0.25) is 0 Å². The van der Waals surface area contributed by atoms with Gasteiger partial charge in [-0.1, -0.05) is 244 Å². The minimum absolute atomic E-state index is 0.151. The number of furan rings is 1. The van der Waals surface area contributed by atoms with Crippen molar-refractivity contribution in [1.29, 1.82) is 0 Å². The second-order valence-electron chi connectivity index (χ2n) is 19.0. The number of allylic oxidation sites excluding steroid dienone is 4. The molecule has 13 rings (SSSR count). The van der Waals surface area contributed by atoms with E-state index >= 15 is 0 Å². The summed E-state index contributed by atoms with van der Waals surface area (Å²) < 4.78 is 6.66. The molecule has 1 heterocycles. The maximum atomic E-state index is 6.66. The first-order valence-electron chi connectivity index (χ1n) is 23.7. The highest BCUT2D eigenvalue weighted by Crippen LogP contribution is 2.65. The van der Waals surface area contributed by atoms with E-state index in [4.69, 9.17) is 4.42 Å². The van der Waals surface area contributed by atoms with Crippen molar-refractivity contribution in [2.45, 2.75) is 45.4 Å². The first-order valence-corrected chi connectivity index (χ1v) is 23.7. The number of hydrogen-bond acceptors (Lipinski definition) is 1. The van der Waals surface area contributed by atoms with Gasteiger partial charge in [0.05, 0.1) is 5.41 Å². The smallest absolute Gasteiger partial charge is 0.143 e. The summed E-state index contributed by atoms with van der Waals surface area (Å²) in [4.78, 5) is 0. The Balaban J connectivity index is 0.000000143. The van der Waals surface area contributed by atoms with Crippen LogP contribution in [0.3, 0.4) is 0 Å². The van der Waals surface area contributed by atoms with Crippen LogP contribution in [0.25, 0.3) is 72.0 Å². The first kappa shape index (κ1) is 42.6. The SMILES string of the molecule is C=C/C=C(\C=C)c1ccc(C)cc1.Cc1ccc2c(c1)C(C)(C)c1ccccc1-2.Cc1ccccc1-c1cccc2c1C1(c3ccccc3-2)c2ccccc2-c2c1ccc1c2oc2ccccc21. The molecule has 1 aromatic heterocycles. The Morgan fingerprint density at radius 3 is 1.72 bits per heavy atom. The number of aryl methyl sites for hydroxylation is 3. The average molecular weight is 875 g/mol. The molecule has 1 heteroatoms. The third-order valence-electron chi connectivity index (χ3n) is 14.7. The van der Waals surface area contributed by atoms with Crippen LogP contribution in [0.4, 0.5) is 0 Å². The third kappa shape index (κ3) is 6.52. The summed E-state index contributed by atoms with van der Waals surface area (Å²) in [6, 6.07) is 70.6. The molecule has 10 aromatic rings. The second kappa shape index (κ2) is 16.7. The minimum atomic E-state index is -0.427. The van der Waals surface area contributed by atoms with Gasteiger partial charge in [0.15, 0.2) is 0 Å². The standard InChI is InChI=1S/C38H24O.C16H16.C13H14/c1-23-11-2-3-12-24(23)27-16-10-17-28-25-13-4-7-18-31(25)38(36(27)28)32-19-8-5-15-30(32)35-33(38)22-21-29-26-14-6-9-20-34(26)39-37(29)35;1-11-8-9-13-12-6-4-5-7-14(12)16(2,3)15(13)10-11;1-4-6-12(5-2)13-9-7-11(3)8-10-13/h2-22H,1H3;4-10H,1-3H3;4-10H,1-2H2,3H3/b;;12-6+. The van der Waals surface area contributed by atoms with E-state index in [0.717, 1.165) is 16.7 Å². The van der Waals surface area contributed by atoms with Gasteiger partial charge in [0, 0.05) is 21.8 Å². The van der Waals surface area contributed by atoms with Gasteiger partial charge >= 0.3 is 0 Å². The van der Waals surface area contributed by atoms with Crippen molar-refractivity contribution in [3.63, 3.8) is 0 Å². The Hall–Kier alpha value is -8.00. The number of benzene rings is 9. The predicted molar refractivity (Wildman–Crippen MR) is 288 cm³/mol. The van der Waals surface area contributed by atoms with Crippen LogP contribution in [-0.2, 0) is 10.8 Å². The number of para-hydroxylation sites is 1. The summed E-state index contributed by atoms with van der Waals surface area (Å²) in [5.41, 5.74) is 26.6.